The number of hydrogen-bond acceptors (Lipinski definition) is 4. The zero-order valence-corrected chi connectivity index (χ0v) is 27.4. The second-order valence-corrected chi connectivity index (χ2v) is 13.6. The summed E-state index contributed by atoms with van der Waals surface area (Å²) in [7, 11) is -4.32. The second kappa shape index (κ2) is 14.9. The van der Waals surface area contributed by atoms with Crippen molar-refractivity contribution >= 4 is 50.7 Å². The van der Waals surface area contributed by atoms with Crippen molar-refractivity contribution in [3.63, 3.8) is 0 Å². The van der Waals surface area contributed by atoms with Gasteiger partial charge < -0.3 is 10.2 Å². The van der Waals surface area contributed by atoms with E-state index in [4.69, 9.17) is 23.2 Å². The molecule has 0 heterocycles. The minimum Gasteiger partial charge on any atom is -0.352 e. The van der Waals surface area contributed by atoms with Crippen molar-refractivity contribution in [2.24, 2.45) is 0 Å². The molecule has 0 radical (unpaired) electrons. The molecule has 2 amide bonds. The van der Waals surface area contributed by atoms with Gasteiger partial charge in [0.1, 0.15) is 18.4 Å². The minimum absolute atomic E-state index is 0.0500. The van der Waals surface area contributed by atoms with Gasteiger partial charge in [-0.05, 0) is 62.7 Å². The average Bonchev–Trinajstić information content (AvgIpc) is 3.00. The minimum atomic E-state index is -4.32. The molecule has 7 nitrogen and oxygen atoms in total. The maximum atomic E-state index is 15.0. The van der Waals surface area contributed by atoms with Gasteiger partial charge in [0.05, 0.1) is 20.6 Å². The van der Waals surface area contributed by atoms with Gasteiger partial charge in [-0.15, -0.1) is 0 Å². The van der Waals surface area contributed by atoms with E-state index < -0.39 is 40.2 Å². The van der Waals surface area contributed by atoms with Crippen LogP contribution in [0.25, 0.3) is 0 Å². The number of carbonyl (C=O) groups excluding carboxylic acids is 2. The van der Waals surface area contributed by atoms with Crippen LogP contribution in [0.2, 0.25) is 10.0 Å². The number of halogens is 3. The van der Waals surface area contributed by atoms with Crippen molar-refractivity contribution in [2.45, 2.75) is 50.7 Å². The maximum absolute atomic E-state index is 15.0. The van der Waals surface area contributed by atoms with E-state index >= 15 is 0 Å². The Kier molecular flexibility index (Phi) is 11.3. The average molecular weight is 671 g/mol. The molecule has 11 heteroatoms. The monoisotopic (exact) mass is 669 g/mol. The van der Waals surface area contributed by atoms with E-state index in [9.17, 15) is 22.4 Å². The molecule has 0 aliphatic rings. The predicted molar refractivity (Wildman–Crippen MR) is 176 cm³/mol. The van der Waals surface area contributed by atoms with Crippen molar-refractivity contribution < 1.29 is 22.4 Å². The van der Waals surface area contributed by atoms with Crippen LogP contribution in [0.15, 0.2) is 102 Å². The number of nitrogens with one attached hydrogen (secondary N) is 1. The Balaban J connectivity index is 1.83. The lowest BCUT2D eigenvalue weighted by Crippen LogP contribution is -2.54. The van der Waals surface area contributed by atoms with Crippen LogP contribution in [0, 0.1) is 12.7 Å². The highest BCUT2D eigenvalue weighted by Gasteiger charge is 2.35. The van der Waals surface area contributed by atoms with Gasteiger partial charge in [0.2, 0.25) is 11.8 Å². The SMILES string of the molecule is Cc1ccc(S(=O)(=O)N(CC(=O)N(Cc2ccccc2F)[C@H](Cc2ccccc2)C(=O)NC(C)C)c2ccc(Cl)c(Cl)c2)cc1. The van der Waals surface area contributed by atoms with Gasteiger partial charge in [0.25, 0.3) is 10.0 Å². The van der Waals surface area contributed by atoms with Crippen LogP contribution < -0.4 is 9.62 Å². The van der Waals surface area contributed by atoms with Crippen LogP contribution in [0.3, 0.4) is 0 Å². The van der Waals surface area contributed by atoms with Crippen LogP contribution in [-0.4, -0.2) is 43.8 Å². The lowest BCUT2D eigenvalue weighted by Gasteiger charge is -2.34. The zero-order valence-electron chi connectivity index (χ0n) is 25.1. The number of anilines is 1. The van der Waals surface area contributed by atoms with E-state index in [0.717, 1.165) is 15.4 Å². The van der Waals surface area contributed by atoms with Crippen LogP contribution >= 0.6 is 23.2 Å². The van der Waals surface area contributed by atoms with Gasteiger partial charge in [-0.3, -0.25) is 13.9 Å². The number of benzene rings is 4. The van der Waals surface area contributed by atoms with E-state index in [-0.39, 0.29) is 45.2 Å². The van der Waals surface area contributed by atoms with E-state index in [0.29, 0.717) is 0 Å². The van der Waals surface area contributed by atoms with E-state index in [1.54, 1.807) is 32.0 Å². The molecule has 0 fully saturated rings. The first-order chi connectivity index (χ1) is 21.4. The second-order valence-electron chi connectivity index (χ2n) is 10.9. The maximum Gasteiger partial charge on any atom is 0.264 e. The number of carbonyl (C=O) groups is 2. The summed E-state index contributed by atoms with van der Waals surface area (Å²) in [6, 6.07) is 24.1. The lowest BCUT2D eigenvalue weighted by molar-refractivity contribution is -0.140. The van der Waals surface area contributed by atoms with Crippen LogP contribution in [0.5, 0.6) is 0 Å². The largest absolute Gasteiger partial charge is 0.352 e. The zero-order chi connectivity index (χ0) is 32.7. The van der Waals surface area contributed by atoms with E-state index in [1.807, 2.05) is 37.3 Å². The molecule has 0 aromatic heterocycles. The van der Waals surface area contributed by atoms with Crippen molar-refractivity contribution in [1.82, 2.24) is 10.2 Å². The molecule has 0 unspecified atom stereocenters. The normalized spacial score (nSPS) is 12.1. The van der Waals surface area contributed by atoms with Crippen LogP contribution in [0.4, 0.5) is 10.1 Å². The van der Waals surface area contributed by atoms with Gasteiger partial charge in [-0.25, -0.2) is 12.8 Å². The lowest BCUT2D eigenvalue weighted by atomic mass is 10.0. The third-order valence-corrected chi connectivity index (χ3v) is 9.61. The summed E-state index contributed by atoms with van der Waals surface area (Å²) in [4.78, 5) is 29.3. The van der Waals surface area contributed by atoms with Crippen LogP contribution in [-0.2, 0) is 32.6 Å². The topological polar surface area (TPSA) is 86.8 Å². The fourth-order valence-electron chi connectivity index (χ4n) is 4.75. The number of hydrogen-bond donors (Lipinski definition) is 1. The number of sulfonamides is 1. The molecule has 0 aliphatic carbocycles. The number of nitrogens with zero attached hydrogens (tertiary/aromatic N) is 2. The Morgan fingerprint density at radius 2 is 1.51 bits per heavy atom. The highest BCUT2D eigenvalue weighted by atomic mass is 35.5. The molecule has 0 aliphatic heterocycles. The van der Waals surface area contributed by atoms with Crippen LogP contribution in [0.1, 0.15) is 30.5 Å². The van der Waals surface area contributed by atoms with E-state index in [2.05, 4.69) is 5.32 Å². The standard InChI is InChI=1S/C34H34Cl2FN3O4S/c1-23(2)38-34(42)32(19-25-9-5-4-6-10-25)39(21-26-11-7-8-12-31(26)37)33(41)22-40(27-15-18-29(35)30(36)20-27)45(43,44)28-16-13-24(3)14-17-28/h4-18,20,23,32H,19,21-22H2,1-3H3,(H,38,42)/t32-/m1/s1. The summed E-state index contributed by atoms with van der Waals surface area (Å²) in [5.74, 6) is -1.74. The van der Waals surface area contributed by atoms with Gasteiger partial charge in [0.15, 0.2) is 0 Å². The van der Waals surface area contributed by atoms with E-state index in [1.165, 1.54) is 53.4 Å². The molecule has 236 valence electrons. The molecule has 4 rings (SSSR count). The summed E-state index contributed by atoms with van der Waals surface area (Å²) in [6.07, 6.45) is 0.108. The molecule has 0 saturated heterocycles. The summed E-state index contributed by atoms with van der Waals surface area (Å²) in [5, 5.41) is 3.16. The first kappa shape index (κ1) is 34.0. The smallest absolute Gasteiger partial charge is 0.264 e. The molecule has 1 atom stereocenters. The third kappa shape index (κ3) is 8.63. The van der Waals surface area contributed by atoms with Gasteiger partial charge in [-0.1, -0.05) is 89.4 Å². The van der Waals surface area contributed by atoms with Crippen molar-refractivity contribution in [1.29, 1.82) is 0 Å². The summed E-state index contributed by atoms with van der Waals surface area (Å²) in [6.45, 7) is 4.42. The Morgan fingerprint density at radius 1 is 0.867 bits per heavy atom. The van der Waals surface area contributed by atoms with Gasteiger partial charge >= 0.3 is 0 Å². The molecule has 45 heavy (non-hydrogen) atoms. The number of rotatable bonds is 12. The van der Waals surface area contributed by atoms with Crippen molar-refractivity contribution in [2.75, 3.05) is 10.8 Å². The predicted octanol–water partition coefficient (Wildman–Crippen LogP) is 6.80. The first-order valence-electron chi connectivity index (χ1n) is 14.3. The highest BCUT2D eigenvalue weighted by Crippen LogP contribution is 2.31. The molecule has 4 aromatic carbocycles. The van der Waals surface area contributed by atoms with Gasteiger partial charge in [-0.2, -0.15) is 0 Å². The van der Waals surface area contributed by atoms with Crippen molar-refractivity contribution in [3.05, 3.63) is 130 Å². The Morgan fingerprint density at radius 3 is 2.13 bits per heavy atom. The first-order valence-corrected chi connectivity index (χ1v) is 16.5. The quantitative estimate of drug-likeness (QED) is 0.180. The molecular weight excluding hydrogens is 636 g/mol. The highest BCUT2D eigenvalue weighted by molar-refractivity contribution is 7.92. The molecular formula is C34H34Cl2FN3O4S. The van der Waals surface area contributed by atoms with Crippen molar-refractivity contribution in [3.8, 4) is 0 Å². The molecule has 0 bridgehead atoms. The summed E-state index contributed by atoms with van der Waals surface area (Å²) >= 11 is 12.4. The fraction of sp³-hybridized carbons (Fsp3) is 0.235. The Bertz CT molecular complexity index is 1750. The van der Waals surface area contributed by atoms with Gasteiger partial charge in [0, 0.05) is 24.6 Å². The molecule has 0 saturated carbocycles. The summed E-state index contributed by atoms with van der Waals surface area (Å²) < 4.78 is 44.1. The molecule has 0 spiro atoms. The number of aryl methyl sites for hydroxylation is 1. The number of amides is 2. The molecule has 1 N–H and O–H groups in total. The third-order valence-electron chi connectivity index (χ3n) is 7.08. The molecule has 4 aromatic rings. The Labute approximate surface area is 273 Å². The fourth-order valence-corrected chi connectivity index (χ4v) is 6.45. The Hall–Kier alpha value is -3.92. The summed E-state index contributed by atoms with van der Waals surface area (Å²) in [5.41, 5.74) is 1.88.